The van der Waals surface area contributed by atoms with Crippen molar-refractivity contribution < 1.29 is 4.39 Å². The lowest BCUT2D eigenvalue weighted by Crippen LogP contribution is -2.22. The summed E-state index contributed by atoms with van der Waals surface area (Å²) in [6, 6.07) is 8.35. The van der Waals surface area contributed by atoms with Gasteiger partial charge in [-0.05, 0) is 23.6 Å². The lowest BCUT2D eigenvalue weighted by atomic mass is 10.00. The number of nitrogens with zero attached hydrogens (tertiary/aromatic N) is 5. The molecular weight excluding hydrogens is 359 g/mol. The number of aromatic amines is 1. The summed E-state index contributed by atoms with van der Waals surface area (Å²) in [5.41, 5.74) is 2.82. The summed E-state index contributed by atoms with van der Waals surface area (Å²) in [6.45, 7) is 4.23. The first-order chi connectivity index (χ1) is 13.5. The van der Waals surface area contributed by atoms with Crippen LogP contribution in [0.2, 0.25) is 0 Å². The van der Waals surface area contributed by atoms with Gasteiger partial charge in [-0.25, -0.2) is 13.9 Å². The number of halogens is 1. The van der Waals surface area contributed by atoms with Crippen LogP contribution < -0.4 is 5.56 Å². The number of rotatable bonds is 4. The average Bonchev–Trinajstić information content (AvgIpc) is 3.28. The van der Waals surface area contributed by atoms with Crippen LogP contribution >= 0.6 is 0 Å². The molecule has 3 heterocycles. The van der Waals surface area contributed by atoms with Gasteiger partial charge in [0.05, 0.1) is 18.4 Å². The van der Waals surface area contributed by atoms with Gasteiger partial charge in [-0.2, -0.15) is 10.4 Å². The van der Waals surface area contributed by atoms with Crippen LogP contribution in [-0.2, 0) is 6.54 Å². The molecule has 0 radical (unpaired) electrons. The second-order valence-corrected chi connectivity index (χ2v) is 6.85. The Kier molecular flexibility index (Phi) is 4.28. The van der Waals surface area contributed by atoms with Crippen LogP contribution in [0, 0.1) is 17.1 Å². The molecule has 8 heteroatoms. The van der Waals surface area contributed by atoms with Gasteiger partial charge in [0, 0.05) is 23.5 Å². The second kappa shape index (κ2) is 6.78. The Balaban J connectivity index is 1.83. The van der Waals surface area contributed by atoms with E-state index < -0.39 is 0 Å². The molecule has 0 fully saturated rings. The van der Waals surface area contributed by atoms with Gasteiger partial charge in [-0.3, -0.25) is 14.6 Å². The monoisotopic (exact) mass is 376 g/mol. The number of nitrogens with one attached hydrogen (secondary N) is 1. The molecule has 0 atom stereocenters. The number of aromatic nitrogens is 5. The van der Waals surface area contributed by atoms with E-state index >= 15 is 0 Å². The van der Waals surface area contributed by atoms with Crippen molar-refractivity contribution in [1.29, 1.82) is 5.26 Å². The number of hydrogen-bond acceptors (Lipinski definition) is 4. The lowest BCUT2D eigenvalue weighted by Gasteiger charge is -2.10. The van der Waals surface area contributed by atoms with E-state index in [9.17, 15) is 14.4 Å². The molecule has 140 valence electrons. The number of benzene rings is 1. The summed E-state index contributed by atoms with van der Waals surface area (Å²) in [7, 11) is 0. The van der Waals surface area contributed by atoms with E-state index in [4.69, 9.17) is 0 Å². The summed E-state index contributed by atoms with van der Waals surface area (Å²) in [5, 5.41) is 16.4. The fourth-order valence-electron chi connectivity index (χ4n) is 3.25. The van der Waals surface area contributed by atoms with Crippen LogP contribution in [-0.4, -0.2) is 24.4 Å². The molecule has 28 heavy (non-hydrogen) atoms. The minimum atomic E-state index is -0.302. The van der Waals surface area contributed by atoms with E-state index in [1.54, 1.807) is 23.1 Å². The molecule has 0 saturated carbocycles. The first-order valence-electron chi connectivity index (χ1n) is 8.79. The van der Waals surface area contributed by atoms with E-state index in [1.165, 1.54) is 22.8 Å². The number of H-pyrrole nitrogens is 1. The van der Waals surface area contributed by atoms with Crippen LogP contribution in [0.5, 0.6) is 0 Å². The Morgan fingerprint density at radius 3 is 2.89 bits per heavy atom. The maximum atomic E-state index is 13.4. The SMILES string of the molecule is CC(C)c1c(-c2cnn(Cc3cccc(F)c3)c2)nc2c(C#N)c[nH]n2c1=O. The number of hydrogen-bond donors (Lipinski definition) is 1. The molecular formula is C20H17FN6O. The Labute approximate surface area is 159 Å². The predicted octanol–water partition coefficient (Wildman–Crippen LogP) is 3.07. The molecule has 0 amide bonds. The molecule has 0 bridgehead atoms. The summed E-state index contributed by atoms with van der Waals surface area (Å²) in [5.74, 6) is -0.379. The largest absolute Gasteiger partial charge is 0.295 e. The van der Waals surface area contributed by atoms with Crippen molar-refractivity contribution in [1.82, 2.24) is 24.4 Å². The molecule has 7 nitrogen and oxygen atoms in total. The molecule has 3 aromatic heterocycles. The molecule has 0 aliphatic heterocycles. The number of fused-ring (bicyclic) bond motifs is 1. The Morgan fingerprint density at radius 2 is 2.18 bits per heavy atom. The molecule has 0 aliphatic rings. The molecule has 0 aliphatic carbocycles. The van der Waals surface area contributed by atoms with E-state index in [0.29, 0.717) is 28.9 Å². The third-order valence-electron chi connectivity index (χ3n) is 4.54. The van der Waals surface area contributed by atoms with E-state index in [-0.39, 0.29) is 22.9 Å². The van der Waals surface area contributed by atoms with Crippen molar-refractivity contribution in [2.75, 3.05) is 0 Å². The van der Waals surface area contributed by atoms with Gasteiger partial charge < -0.3 is 0 Å². The normalized spacial score (nSPS) is 11.2. The van der Waals surface area contributed by atoms with Gasteiger partial charge in [0.15, 0.2) is 5.65 Å². The molecule has 0 saturated heterocycles. The highest BCUT2D eigenvalue weighted by atomic mass is 19.1. The van der Waals surface area contributed by atoms with E-state index in [0.717, 1.165) is 5.56 Å². The van der Waals surface area contributed by atoms with E-state index in [2.05, 4.69) is 15.2 Å². The van der Waals surface area contributed by atoms with Crippen molar-refractivity contribution in [3.63, 3.8) is 0 Å². The highest BCUT2D eigenvalue weighted by molar-refractivity contribution is 5.67. The summed E-state index contributed by atoms with van der Waals surface area (Å²) >= 11 is 0. The van der Waals surface area contributed by atoms with Crippen LogP contribution in [0.15, 0.2) is 47.7 Å². The van der Waals surface area contributed by atoms with Crippen molar-refractivity contribution in [2.45, 2.75) is 26.3 Å². The van der Waals surface area contributed by atoms with Crippen molar-refractivity contribution in [3.05, 3.63) is 75.7 Å². The zero-order chi connectivity index (χ0) is 19.8. The van der Waals surface area contributed by atoms with Gasteiger partial charge in [0.2, 0.25) is 0 Å². The maximum absolute atomic E-state index is 13.4. The van der Waals surface area contributed by atoms with Crippen LogP contribution in [0.1, 0.15) is 36.5 Å². The van der Waals surface area contributed by atoms with Crippen LogP contribution in [0.25, 0.3) is 16.9 Å². The molecule has 1 aromatic carbocycles. The summed E-state index contributed by atoms with van der Waals surface area (Å²) in [6.07, 6.45) is 4.86. The Morgan fingerprint density at radius 1 is 1.36 bits per heavy atom. The molecule has 1 N–H and O–H groups in total. The zero-order valence-electron chi connectivity index (χ0n) is 15.3. The maximum Gasteiger partial charge on any atom is 0.276 e. The van der Waals surface area contributed by atoms with Gasteiger partial charge in [0.1, 0.15) is 17.4 Å². The fourth-order valence-corrected chi connectivity index (χ4v) is 3.25. The second-order valence-electron chi connectivity index (χ2n) is 6.85. The predicted molar refractivity (Wildman–Crippen MR) is 101 cm³/mol. The molecule has 0 spiro atoms. The van der Waals surface area contributed by atoms with Crippen molar-refractivity contribution in [3.8, 4) is 17.3 Å². The average molecular weight is 376 g/mol. The van der Waals surface area contributed by atoms with Gasteiger partial charge >= 0.3 is 0 Å². The molecule has 4 aromatic rings. The van der Waals surface area contributed by atoms with Crippen LogP contribution in [0.3, 0.4) is 0 Å². The molecule has 4 rings (SSSR count). The third-order valence-corrected chi connectivity index (χ3v) is 4.54. The first-order valence-corrected chi connectivity index (χ1v) is 8.79. The minimum Gasteiger partial charge on any atom is -0.295 e. The van der Waals surface area contributed by atoms with E-state index in [1.807, 2.05) is 26.0 Å². The zero-order valence-corrected chi connectivity index (χ0v) is 15.3. The highest BCUT2D eigenvalue weighted by Gasteiger charge is 2.20. The van der Waals surface area contributed by atoms with Crippen molar-refractivity contribution >= 4 is 5.65 Å². The van der Waals surface area contributed by atoms with Gasteiger partial charge in [0.25, 0.3) is 5.56 Å². The third kappa shape index (κ3) is 2.97. The fraction of sp³-hybridized carbons (Fsp3) is 0.200. The van der Waals surface area contributed by atoms with Gasteiger partial charge in [-0.1, -0.05) is 26.0 Å². The summed E-state index contributed by atoms with van der Waals surface area (Å²) in [4.78, 5) is 17.5. The molecule has 0 unspecified atom stereocenters. The quantitative estimate of drug-likeness (QED) is 0.592. The smallest absolute Gasteiger partial charge is 0.276 e. The highest BCUT2D eigenvalue weighted by Crippen LogP contribution is 2.26. The van der Waals surface area contributed by atoms with Crippen molar-refractivity contribution in [2.24, 2.45) is 0 Å². The Bertz CT molecular complexity index is 1270. The Hall–Kier alpha value is -3.73. The van der Waals surface area contributed by atoms with Gasteiger partial charge in [-0.15, -0.1) is 0 Å². The standard InChI is InChI=1S/C20H17FN6O/c1-12(2)17-18(25-19-14(7-22)8-24-27(19)20(17)28)15-9-23-26(11-15)10-13-4-3-5-16(21)6-13/h3-6,8-9,11-12,24H,10H2,1-2H3. The topological polar surface area (TPSA) is 91.8 Å². The summed E-state index contributed by atoms with van der Waals surface area (Å²) < 4.78 is 16.4. The number of nitriles is 1. The van der Waals surface area contributed by atoms with Crippen LogP contribution in [0.4, 0.5) is 4.39 Å². The lowest BCUT2D eigenvalue weighted by molar-refractivity contribution is 0.619. The first kappa shape index (κ1) is 17.7. The minimum absolute atomic E-state index is 0.0766.